The van der Waals surface area contributed by atoms with E-state index in [0.717, 1.165) is 18.7 Å². The van der Waals surface area contributed by atoms with Crippen molar-refractivity contribution in [1.29, 1.82) is 0 Å². The number of aromatic carboxylic acids is 1. The van der Waals surface area contributed by atoms with E-state index in [-0.39, 0.29) is 5.56 Å². The number of carboxylic acids is 1. The molecule has 4 nitrogen and oxygen atoms in total. The lowest BCUT2D eigenvalue weighted by Gasteiger charge is -2.11. The van der Waals surface area contributed by atoms with Gasteiger partial charge in [0.05, 0.1) is 5.56 Å². The molecule has 1 aromatic heterocycles. The zero-order valence-electron chi connectivity index (χ0n) is 9.22. The minimum Gasteiger partial charge on any atom is -0.478 e. The third-order valence-corrected chi connectivity index (χ3v) is 3.14. The Hall–Kier alpha value is -1.45. The molecule has 16 heavy (non-hydrogen) atoms. The average molecular weight is 220 g/mol. The summed E-state index contributed by atoms with van der Waals surface area (Å²) in [4.78, 5) is 19.0. The number of nitrogens with zero attached hydrogens (tertiary/aromatic N) is 2. The third-order valence-electron chi connectivity index (χ3n) is 3.14. The Morgan fingerprint density at radius 1 is 1.12 bits per heavy atom. The van der Waals surface area contributed by atoms with Crippen LogP contribution in [0.2, 0.25) is 0 Å². The summed E-state index contributed by atoms with van der Waals surface area (Å²) >= 11 is 0. The fraction of sp³-hybridized carbons (Fsp3) is 0.583. The Balaban J connectivity index is 2.10. The van der Waals surface area contributed by atoms with E-state index in [1.165, 1.54) is 38.1 Å². The van der Waals surface area contributed by atoms with Gasteiger partial charge in [0.15, 0.2) is 0 Å². The van der Waals surface area contributed by atoms with Crippen molar-refractivity contribution in [3.05, 3.63) is 23.8 Å². The van der Waals surface area contributed by atoms with E-state index in [9.17, 15) is 4.79 Å². The predicted molar refractivity (Wildman–Crippen MR) is 59.4 cm³/mol. The monoisotopic (exact) mass is 220 g/mol. The molecule has 0 aliphatic heterocycles. The number of carboxylic acid groups (broad SMARTS) is 1. The van der Waals surface area contributed by atoms with Gasteiger partial charge in [0, 0.05) is 18.3 Å². The molecule has 1 aromatic rings. The molecule has 1 N–H and O–H groups in total. The van der Waals surface area contributed by atoms with E-state index in [4.69, 9.17) is 5.11 Å². The van der Waals surface area contributed by atoms with Crippen LogP contribution in [0.3, 0.4) is 0 Å². The lowest BCUT2D eigenvalue weighted by Crippen LogP contribution is -2.06. The standard InChI is InChI=1S/C12H16N2O2/c15-12(16)10-7-13-11(14-8-10)9-5-3-1-2-4-6-9/h7-9H,1-6H2,(H,15,16). The Morgan fingerprint density at radius 2 is 1.69 bits per heavy atom. The number of hydrogen-bond acceptors (Lipinski definition) is 3. The fourth-order valence-electron chi connectivity index (χ4n) is 2.20. The first-order chi connectivity index (χ1) is 7.77. The van der Waals surface area contributed by atoms with E-state index in [1.807, 2.05) is 0 Å². The highest BCUT2D eigenvalue weighted by Gasteiger charge is 2.17. The molecule has 1 fully saturated rings. The molecule has 2 rings (SSSR count). The van der Waals surface area contributed by atoms with Gasteiger partial charge in [0.25, 0.3) is 0 Å². The van der Waals surface area contributed by atoms with Crippen molar-refractivity contribution in [1.82, 2.24) is 9.97 Å². The molecule has 1 saturated carbocycles. The Labute approximate surface area is 94.7 Å². The van der Waals surface area contributed by atoms with Gasteiger partial charge in [-0.15, -0.1) is 0 Å². The summed E-state index contributed by atoms with van der Waals surface area (Å²) in [5.74, 6) is 0.268. The molecule has 0 aromatic carbocycles. The maximum Gasteiger partial charge on any atom is 0.338 e. The van der Waals surface area contributed by atoms with E-state index in [0.29, 0.717) is 5.92 Å². The lowest BCUT2D eigenvalue weighted by molar-refractivity contribution is 0.0696. The maximum atomic E-state index is 10.7. The topological polar surface area (TPSA) is 63.1 Å². The van der Waals surface area contributed by atoms with Crippen LogP contribution >= 0.6 is 0 Å². The van der Waals surface area contributed by atoms with Crippen LogP contribution in [-0.2, 0) is 0 Å². The normalized spacial score (nSPS) is 18.0. The number of carbonyl (C=O) groups is 1. The summed E-state index contributed by atoms with van der Waals surface area (Å²) in [6.07, 6.45) is 10.1. The SMILES string of the molecule is O=C(O)c1cnc(C2CCCCCC2)nc1. The van der Waals surface area contributed by atoms with Gasteiger partial charge in [-0.2, -0.15) is 0 Å². The molecule has 1 aliphatic carbocycles. The minimum atomic E-state index is -0.965. The molecule has 86 valence electrons. The molecule has 4 heteroatoms. The molecular formula is C12H16N2O2. The van der Waals surface area contributed by atoms with Crippen molar-refractivity contribution in [3.63, 3.8) is 0 Å². The van der Waals surface area contributed by atoms with Crippen LogP contribution in [0.25, 0.3) is 0 Å². The van der Waals surface area contributed by atoms with Gasteiger partial charge in [-0.3, -0.25) is 0 Å². The van der Waals surface area contributed by atoms with Crippen LogP contribution in [0.4, 0.5) is 0 Å². The lowest BCUT2D eigenvalue weighted by atomic mass is 9.99. The molecule has 0 atom stereocenters. The second kappa shape index (κ2) is 5.05. The van der Waals surface area contributed by atoms with Gasteiger partial charge in [0.2, 0.25) is 0 Å². The van der Waals surface area contributed by atoms with Gasteiger partial charge in [0.1, 0.15) is 5.82 Å². The summed E-state index contributed by atoms with van der Waals surface area (Å²) in [6, 6.07) is 0. The zero-order valence-corrected chi connectivity index (χ0v) is 9.22. The summed E-state index contributed by atoms with van der Waals surface area (Å²) in [5.41, 5.74) is 0.164. The largest absolute Gasteiger partial charge is 0.478 e. The van der Waals surface area contributed by atoms with E-state index in [1.54, 1.807) is 0 Å². The minimum absolute atomic E-state index is 0.164. The zero-order chi connectivity index (χ0) is 11.4. The molecule has 1 heterocycles. The van der Waals surface area contributed by atoms with Gasteiger partial charge < -0.3 is 5.11 Å². The van der Waals surface area contributed by atoms with Crippen LogP contribution in [-0.4, -0.2) is 21.0 Å². The average Bonchev–Trinajstić information content (AvgIpc) is 2.57. The molecule has 0 unspecified atom stereocenters. The Kier molecular flexibility index (Phi) is 3.49. The van der Waals surface area contributed by atoms with Crippen molar-refractivity contribution < 1.29 is 9.90 Å². The molecule has 0 bridgehead atoms. The number of hydrogen-bond donors (Lipinski definition) is 1. The van der Waals surface area contributed by atoms with E-state index < -0.39 is 5.97 Å². The molecule has 0 saturated heterocycles. The quantitative estimate of drug-likeness (QED) is 0.778. The first-order valence-electron chi connectivity index (χ1n) is 5.82. The van der Waals surface area contributed by atoms with E-state index in [2.05, 4.69) is 9.97 Å². The first kappa shape index (κ1) is 11.0. The maximum absolute atomic E-state index is 10.7. The van der Waals surface area contributed by atoms with Crippen LogP contribution in [0.15, 0.2) is 12.4 Å². The van der Waals surface area contributed by atoms with Gasteiger partial charge in [-0.05, 0) is 12.8 Å². The molecule has 0 spiro atoms. The molecular weight excluding hydrogens is 204 g/mol. The van der Waals surface area contributed by atoms with Gasteiger partial charge in [-0.1, -0.05) is 25.7 Å². The van der Waals surface area contributed by atoms with Crippen molar-refractivity contribution in [2.24, 2.45) is 0 Å². The van der Waals surface area contributed by atoms with Crippen molar-refractivity contribution in [2.75, 3.05) is 0 Å². The highest BCUT2D eigenvalue weighted by atomic mass is 16.4. The fourth-order valence-corrected chi connectivity index (χ4v) is 2.20. The predicted octanol–water partition coefficient (Wildman–Crippen LogP) is 2.61. The smallest absolute Gasteiger partial charge is 0.338 e. The van der Waals surface area contributed by atoms with E-state index >= 15 is 0 Å². The molecule has 1 aliphatic rings. The van der Waals surface area contributed by atoms with Crippen LogP contribution in [0.5, 0.6) is 0 Å². The van der Waals surface area contributed by atoms with Crippen LogP contribution in [0.1, 0.15) is 60.6 Å². The molecule has 0 amide bonds. The summed E-state index contributed by atoms with van der Waals surface area (Å²) in [6.45, 7) is 0. The number of aromatic nitrogens is 2. The van der Waals surface area contributed by atoms with Crippen LogP contribution < -0.4 is 0 Å². The highest BCUT2D eigenvalue weighted by molar-refractivity contribution is 5.86. The Bertz CT molecular complexity index is 354. The summed E-state index contributed by atoms with van der Waals surface area (Å²) < 4.78 is 0. The van der Waals surface area contributed by atoms with Crippen molar-refractivity contribution in [3.8, 4) is 0 Å². The van der Waals surface area contributed by atoms with Gasteiger partial charge >= 0.3 is 5.97 Å². The molecule has 0 radical (unpaired) electrons. The summed E-state index contributed by atoms with van der Waals surface area (Å²) in [5, 5.41) is 8.75. The van der Waals surface area contributed by atoms with Crippen molar-refractivity contribution in [2.45, 2.75) is 44.4 Å². The highest BCUT2D eigenvalue weighted by Crippen LogP contribution is 2.29. The second-order valence-corrected chi connectivity index (χ2v) is 4.32. The Morgan fingerprint density at radius 3 is 2.19 bits per heavy atom. The summed E-state index contributed by atoms with van der Waals surface area (Å²) in [7, 11) is 0. The van der Waals surface area contributed by atoms with Crippen LogP contribution in [0, 0.1) is 0 Å². The van der Waals surface area contributed by atoms with Crippen molar-refractivity contribution >= 4 is 5.97 Å². The third kappa shape index (κ3) is 2.56. The van der Waals surface area contributed by atoms with Gasteiger partial charge in [-0.25, -0.2) is 14.8 Å². The second-order valence-electron chi connectivity index (χ2n) is 4.32. The first-order valence-corrected chi connectivity index (χ1v) is 5.82. The number of rotatable bonds is 2.